The number of hydrogen-bond donors (Lipinski definition) is 1. The van der Waals surface area contributed by atoms with E-state index in [2.05, 4.69) is 101 Å². The van der Waals surface area contributed by atoms with Crippen LogP contribution in [0.1, 0.15) is 110 Å². The quantitative estimate of drug-likeness (QED) is 0.0656. The first-order valence-electron chi connectivity index (χ1n) is 20.0. The molecule has 0 atom stereocenters. The zero-order valence-corrected chi connectivity index (χ0v) is 38.4. The molecule has 1 radical (unpaired) electrons. The standard InChI is InChI=1S/C34H37N2SSi.C13H24O2.Ir/c1-22-30-33(37-32(22)25-13-11-23(12-14-25)24-15-17-38(5,6)18-16-24)31(36-21-35-30)27-19-26-9-7-8-10-28(26)29(20-27)34(2,3)4;1-5-10(6-2)12(14)9-13(15)11(7-3)8-4;/h7-14,20-21,24H,15-18H2,1-6H3;9-11,14H,5-8H2,1-4H3;/q-1;;/b;12-9-;. The Morgan fingerprint density at radius 3 is 2.15 bits per heavy atom. The van der Waals surface area contributed by atoms with E-state index in [9.17, 15) is 9.90 Å². The van der Waals surface area contributed by atoms with E-state index < -0.39 is 8.07 Å². The van der Waals surface area contributed by atoms with Crippen LogP contribution in [0.4, 0.5) is 0 Å². The second-order valence-electron chi connectivity index (χ2n) is 16.9. The molecule has 4 nitrogen and oxygen atoms in total. The number of allylic oxidation sites excluding steroid dienone is 2. The molecule has 0 spiro atoms. The molecule has 1 fully saturated rings. The zero-order valence-electron chi connectivity index (χ0n) is 34.2. The van der Waals surface area contributed by atoms with Gasteiger partial charge in [-0.25, -0.2) is 4.98 Å². The number of thiophene rings is 1. The number of aryl methyl sites for hydroxylation is 1. The second kappa shape index (κ2) is 18.8. The van der Waals surface area contributed by atoms with E-state index in [1.165, 1.54) is 63.5 Å². The maximum atomic E-state index is 11.7. The Balaban J connectivity index is 0.000000347. The van der Waals surface area contributed by atoms with Gasteiger partial charge in [-0.2, -0.15) is 0 Å². The van der Waals surface area contributed by atoms with Crippen molar-refractivity contribution in [2.24, 2.45) is 11.8 Å². The van der Waals surface area contributed by atoms with E-state index in [0.717, 1.165) is 58.5 Å². The van der Waals surface area contributed by atoms with Gasteiger partial charge in [0, 0.05) is 61.4 Å². The van der Waals surface area contributed by atoms with Gasteiger partial charge < -0.3 is 5.11 Å². The van der Waals surface area contributed by atoms with Gasteiger partial charge in [-0.05, 0) is 73.5 Å². The fraction of sp³-hybridized carbons (Fsp3) is 0.468. The predicted molar refractivity (Wildman–Crippen MR) is 231 cm³/mol. The summed E-state index contributed by atoms with van der Waals surface area (Å²) in [6, 6.07) is 26.9. The van der Waals surface area contributed by atoms with E-state index in [1.807, 2.05) is 39.0 Å². The molecule has 0 unspecified atom stereocenters. The molecule has 0 aliphatic carbocycles. The van der Waals surface area contributed by atoms with Gasteiger partial charge in [0.15, 0.2) is 5.78 Å². The maximum Gasteiger partial charge on any atom is 0.162 e. The number of aliphatic hydroxyl groups excluding tert-OH is 1. The van der Waals surface area contributed by atoms with Gasteiger partial charge in [-0.1, -0.05) is 127 Å². The molecule has 0 amide bonds. The topological polar surface area (TPSA) is 63.1 Å². The summed E-state index contributed by atoms with van der Waals surface area (Å²) in [7, 11) is -0.932. The van der Waals surface area contributed by atoms with Crippen LogP contribution in [0.3, 0.4) is 0 Å². The van der Waals surface area contributed by atoms with Crippen LogP contribution < -0.4 is 0 Å². The number of carbonyl (C=O) groups is 1. The summed E-state index contributed by atoms with van der Waals surface area (Å²) in [6.45, 7) is 22.2. The van der Waals surface area contributed by atoms with Gasteiger partial charge >= 0.3 is 0 Å². The van der Waals surface area contributed by atoms with Crippen molar-refractivity contribution >= 4 is 46.2 Å². The van der Waals surface area contributed by atoms with E-state index in [4.69, 9.17) is 9.97 Å². The SMILES string of the molecule is CCC(CC)C(=O)/C=C(\O)C(CC)CC.Cc1c(-c2ccc(C3CC[Si](C)(C)CC3)cc2)sc2c(-c3[c-]c4ccccc4c(C(C)(C)C)c3)ncnc12.[Ir]. The molecule has 0 bridgehead atoms. The number of benzene rings is 3. The van der Waals surface area contributed by atoms with Crippen molar-refractivity contribution in [3.05, 3.63) is 95.5 Å². The van der Waals surface area contributed by atoms with E-state index in [-0.39, 0.29) is 48.9 Å². The Bertz CT molecular complexity index is 2040. The van der Waals surface area contributed by atoms with Gasteiger partial charge in [0.1, 0.15) is 6.33 Å². The Labute approximate surface area is 343 Å². The summed E-state index contributed by atoms with van der Waals surface area (Å²) in [4.78, 5) is 22.6. The van der Waals surface area contributed by atoms with E-state index in [1.54, 1.807) is 6.33 Å². The maximum absolute atomic E-state index is 11.7. The largest absolute Gasteiger partial charge is 0.512 e. The van der Waals surface area contributed by atoms with Crippen molar-refractivity contribution in [2.45, 2.75) is 130 Å². The molecule has 6 rings (SSSR count). The van der Waals surface area contributed by atoms with Crippen LogP contribution in [0.25, 0.3) is 42.7 Å². The van der Waals surface area contributed by atoms with E-state index >= 15 is 0 Å². The minimum absolute atomic E-state index is 0. The summed E-state index contributed by atoms with van der Waals surface area (Å²) < 4.78 is 1.15. The fourth-order valence-corrected chi connectivity index (χ4v) is 11.7. The van der Waals surface area contributed by atoms with Gasteiger partial charge in [0.25, 0.3) is 0 Å². The summed E-state index contributed by atoms with van der Waals surface area (Å²) >= 11 is 1.82. The number of nitrogens with zero attached hydrogens (tertiary/aromatic N) is 2. The third kappa shape index (κ3) is 10.1. The van der Waals surface area contributed by atoms with Crippen molar-refractivity contribution in [2.75, 3.05) is 0 Å². The van der Waals surface area contributed by atoms with Crippen molar-refractivity contribution in [3.8, 4) is 21.7 Å². The van der Waals surface area contributed by atoms with Crippen molar-refractivity contribution in [1.82, 2.24) is 9.97 Å². The molecular weight excluding hydrogens is 877 g/mol. The Hall–Kier alpha value is -2.96. The summed E-state index contributed by atoms with van der Waals surface area (Å²) in [5.74, 6) is 1.28. The van der Waals surface area contributed by atoms with Crippen LogP contribution >= 0.6 is 11.3 Å². The van der Waals surface area contributed by atoms with Crippen molar-refractivity contribution in [3.63, 3.8) is 0 Å². The molecule has 1 saturated heterocycles. The summed E-state index contributed by atoms with van der Waals surface area (Å²) in [5.41, 5.74) is 8.46. The smallest absolute Gasteiger partial charge is 0.162 e. The molecule has 2 aromatic heterocycles. The molecule has 0 saturated carbocycles. The second-order valence-corrected chi connectivity index (χ2v) is 23.3. The van der Waals surface area contributed by atoms with Crippen LogP contribution in [-0.2, 0) is 30.3 Å². The first-order chi connectivity index (χ1) is 25.2. The van der Waals surface area contributed by atoms with Crippen LogP contribution in [0, 0.1) is 24.8 Å². The molecule has 291 valence electrons. The average molecular weight is 938 g/mol. The first kappa shape index (κ1) is 43.8. The van der Waals surface area contributed by atoms with Crippen LogP contribution in [0.5, 0.6) is 0 Å². The van der Waals surface area contributed by atoms with Crippen LogP contribution in [-0.4, -0.2) is 28.9 Å². The first-order valence-corrected chi connectivity index (χ1v) is 24.2. The third-order valence-electron chi connectivity index (χ3n) is 11.6. The van der Waals surface area contributed by atoms with Gasteiger partial charge in [-0.3, -0.25) is 9.78 Å². The molecule has 5 aromatic rings. The molecular formula is C47H61IrN2O2SSi-. The number of carbonyl (C=O) groups excluding carboxylic acids is 1. The average Bonchev–Trinajstić information content (AvgIpc) is 3.48. The third-order valence-corrected chi connectivity index (χ3v) is 16.2. The van der Waals surface area contributed by atoms with Crippen molar-refractivity contribution < 1.29 is 30.0 Å². The van der Waals surface area contributed by atoms with E-state index in [0.29, 0.717) is 0 Å². The number of aromatic nitrogens is 2. The summed E-state index contributed by atoms with van der Waals surface area (Å²) in [6.07, 6.45) is 9.35. The minimum Gasteiger partial charge on any atom is -0.512 e. The number of aliphatic hydroxyl groups is 1. The molecule has 3 aromatic carbocycles. The Morgan fingerprint density at radius 1 is 0.944 bits per heavy atom. The van der Waals surface area contributed by atoms with Crippen LogP contribution in [0.2, 0.25) is 25.2 Å². The molecule has 3 heterocycles. The fourth-order valence-electron chi connectivity index (χ4n) is 7.89. The Kier molecular flexibility index (Phi) is 15.2. The van der Waals surface area contributed by atoms with Crippen molar-refractivity contribution in [1.29, 1.82) is 0 Å². The van der Waals surface area contributed by atoms with Gasteiger partial charge in [-0.15, -0.1) is 40.5 Å². The molecule has 1 aliphatic rings. The number of rotatable bonds is 10. The molecule has 1 aliphatic heterocycles. The zero-order chi connectivity index (χ0) is 38.5. The molecule has 7 heteroatoms. The van der Waals surface area contributed by atoms with Crippen LogP contribution in [0.15, 0.2) is 72.8 Å². The Morgan fingerprint density at radius 2 is 1.56 bits per heavy atom. The number of fused-ring (bicyclic) bond motifs is 2. The molecule has 1 N–H and O–H groups in total. The normalized spacial score (nSPS) is 15.0. The molecule has 54 heavy (non-hydrogen) atoms. The summed E-state index contributed by atoms with van der Waals surface area (Å²) in [5, 5.41) is 12.2. The number of ketones is 1. The monoisotopic (exact) mass is 938 g/mol. The van der Waals surface area contributed by atoms with Gasteiger partial charge in [0.2, 0.25) is 0 Å². The predicted octanol–water partition coefficient (Wildman–Crippen LogP) is 14.0. The number of hydrogen-bond acceptors (Lipinski definition) is 5. The van der Waals surface area contributed by atoms with Gasteiger partial charge in [0.05, 0.1) is 11.3 Å². The minimum atomic E-state index is -0.932.